The van der Waals surface area contributed by atoms with Crippen LogP contribution in [0.5, 0.6) is 0 Å². The van der Waals surface area contributed by atoms with Gasteiger partial charge in [0, 0.05) is 0 Å². The van der Waals surface area contributed by atoms with Crippen molar-refractivity contribution in [2.75, 3.05) is 0 Å². The van der Waals surface area contributed by atoms with Crippen LogP contribution in [0.1, 0.15) is 0 Å². The molecule has 2 aromatic rings. The van der Waals surface area contributed by atoms with Crippen molar-refractivity contribution in [2.24, 2.45) is 0 Å². The number of fused-ring (bicyclic) bond motifs is 1. The monoisotopic (exact) mass is 290 g/mol. The van der Waals surface area contributed by atoms with Crippen LogP contribution in [0, 0.1) is 0 Å². The van der Waals surface area contributed by atoms with Crippen molar-refractivity contribution in [3.63, 3.8) is 0 Å². The van der Waals surface area contributed by atoms with Crippen LogP contribution >= 0.6 is 23.1 Å². The molecule has 0 unspecified atom stereocenters. The van der Waals surface area contributed by atoms with Gasteiger partial charge in [-0.2, -0.15) is 8.42 Å². The van der Waals surface area contributed by atoms with Crippen LogP contribution in [-0.4, -0.2) is 73.9 Å². The number of halogens is 1. The summed E-state index contributed by atoms with van der Waals surface area (Å²) >= 11 is 6.73. The molecule has 0 aliphatic rings. The predicted molar refractivity (Wildman–Crippen MR) is 59.4 cm³/mol. The topological polar surface area (TPSA) is 80.2 Å². The fourth-order valence-electron chi connectivity index (χ4n) is 0.998. The molecule has 0 spiro atoms. The molecule has 0 bridgehead atoms. The molecule has 0 saturated carbocycles. The SMILES string of the molecule is O=S(=O)(O)c1ccc2nnsc2c1Cl.[KH]. The third-order valence-electron chi connectivity index (χ3n) is 1.60. The Morgan fingerprint density at radius 3 is 2.67 bits per heavy atom. The van der Waals surface area contributed by atoms with Gasteiger partial charge in [-0.15, -0.1) is 5.10 Å². The van der Waals surface area contributed by atoms with Crippen LogP contribution in [0.15, 0.2) is 17.0 Å². The second kappa shape index (κ2) is 5.02. The van der Waals surface area contributed by atoms with Crippen LogP contribution in [0.2, 0.25) is 5.02 Å². The van der Waals surface area contributed by atoms with Gasteiger partial charge in [-0.25, -0.2) is 0 Å². The van der Waals surface area contributed by atoms with E-state index in [0.29, 0.717) is 10.2 Å². The Labute approximate surface area is 137 Å². The molecule has 1 N–H and O–H groups in total. The zero-order valence-corrected chi connectivity index (χ0v) is 8.90. The van der Waals surface area contributed by atoms with Crippen LogP contribution in [-0.2, 0) is 10.1 Å². The van der Waals surface area contributed by atoms with Crippen LogP contribution < -0.4 is 0 Å². The molecular formula is C6H4ClKN2O3S2. The van der Waals surface area contributed by atoms with Gasteiger partial charge in [0.15, 0.2) is 0 Å². The summed E-state index contributed by atoms with van der Waals surface area (Å²) in [6.45, 7) is 0. The van der Waals surface area contributed by atoms with Crippen LogP contribution in [0.25, 0.3) is 10.2 Å². The molecule has 1 aromatic carbocycles. The summed E-state index contributed by atoms with van der Waals surface area (Å²) < 4.78 is 34.6. The summed E-state index contributed by atoms with van der Waals surface area (Å²) in [4.78, 5) is -0.322. The molecule has 9 heteroatoms. The average molecular weight is 291 g/mol. The molecule has 2 rings (SSSR count). The van der Waals surface area contributed by atoms with E-state index in [2.05, 4.69) is 9.59 Å². The Kier molecular flexibility index (Phi) is 4.67. The molecule has 0 aliphatic carbocycles. The van der Waals surface area contributed by atoms with Crippen molar-refractivity contribution in [3.05, 3.63) is 17.2 Å². The maximum atomic E-state index is 10.9. The van der Waals surface area contributed by atoms with Crippen LogP contribution in [0.4, 0.5) is 0 Å². The maximum absolute atomic E-state index is 10.9. The van der Waals surface area contributed by atoms with E-state index in [9.17, 15) is 8.42 Å². The van der Waals surface area contributed by atoms with Gasteiger partial charge < -0.3 is 0 Å². The van der Waals surface area contributed by atoms with Crippen molar-refractivity contribution >= 4 is 94.9 Å². The molecule has 0 saturated heterocycles. The van der Waals surface area contributed by atoms with Gasteiger partial charge in [0.05, 0.1) is 9.72 Å². The minimum atomic E-state index is -4.28. The van der Waals surface area contributed by atoms with Gasteiger partial charge in [-0.3, -0.25) is 4.55 Å². The Morgan fingerprint density at radius 1 is 1.40 bits per heavy atom. The van der Waals surface area contributed by atoms with Crippen molar-refractivity contribution in [1.29, 1.82) is 0 Å². The number of benzene rings is 1. The minimum absolute atomic E-state index is 0. The molecule has 0 radical (unpaired) electrons. The normalized spacial score (nSPS) is 11.3. The number of hydrogen-bond acceptors (Lipinski definition) is 5. The van der Waals surface area contributed by atoms with E-state index in [4.69, 9.17) is 16.2 Å². The van der Waals surface area contributed by atoms with E-state index in [1.807, 2.05) is 0 Å². The predicted octanol–water partition coefficient (Wildman–Crippen LogP) is 0.943. The van der Waals surface area contributed by atoms with Gasteiger partial charge in [0.25, 0.3) is 10.1 Å². The van der Waals surface area contributed by atoms with E-state index >= 15 is 0 Å². The van der Waals surface area contributed by atoms with Crippen molar-refractivity contribution in [1.82, 2.24) is 9.59 Å². The molecular weight excluding hydrogens is 287 g/mol. The molecule has 1 heterocycles. The second-order valence-corrected chi connectivity index (χ2v) is 5.00. The molecule has 15 heavy (non-hydrogen) atoms. The van der Waals surface area contributed by atoms with Gasteiger partial charge >= 0.3 is 51.4 Å². The summed E-state index contributed by atoms with van der Waals surface area (Å²) in [7, 11) is -4.28. The van der Waals surface area contributed by atoms with Gasteiger partial charge in [-0.05, 0) is 23.7 Å². The summed E-state index contributed by atoms with van der Waals surface area (Å²) in [5.74, 6) is 0. The molecule has 1 aromatic heterocycles. The van der Waals surface area contributed by atoms with E-state index in [1.165, 1.54) is 12.1 Å². The Balaban J connectivity index is 0.00000112. The fourth-order valence-corrected chi connectivity index (χ4v) is 2.79. The third kappa shape index (κ3) is 2.76. The van der Waals surface area contributed by atoms with E-state index in [0.717, 1.165) is 11.5 Å². The standard InChI is InChI=1S/C6H3ClN2O3S2.K.H/c7-5-4(14(10,11)12)2-1-3-6(5)13-9-8-3;;/h1-2H,(H,10,11,12);;. The Morgan fingerprint density at radius 2 is 2.07 bits per heavy atom. The fraction of sp³-hybridized carbons (Fsp3) is 0. The summed E-state index contributed by atoms with van der Waals surface area (Å²) in [5.41, 5.74) is 0.507. The first-order chi connectivity index (χ1) is 6.50. The first-order valence-corrected chi connectivity index (χ1v) is 5.97. The zero-order chi connectivity index (χ0) is 10.3. The first kappa shape index (κ1) is 13.9. The third-order valence-corrected chi connectivity index (χ3v) is 3.87. The molecule has 0 amide bonds. The average Bonchev–Trinajstić information content (AvgIpc) is 2.50. The number of hydrogen-bond donors (Lipinski definition) is 1. The van der Waals surface area contributed by atoms with E-state index in [1.54, 1.807) is 0 Å². The molecule has 0 fully saturated rings. The van der Waals surface area contributed by atoms with Gasteiger partial charge in [0.1, 0.15) is 10.4 Å². The quantitative estimate of drug-likeness (QED) is 0.624. The summed E-state index contributed by atoms with van der Waals surface area (Å²) in [6.07, 6.45) is 0. The number of nitrogens with zero attached hydrogens (tertiary/aromatic N) is 2. The van der Waals surface area contributed by atoms with E-state index in [-0.39, 0.29) is 61.3 Å². The summed E-state index contributed by atoms with van der Waals surface area (Å²) in [6, 6.07) is 2.63. The molecule has 0 atom stereocenters. The molecule has 5 nitrogen and oxygen atoms in total. The van der Waals surface area contributed by atoms with Gasteiger partial charge in [-0.1, -0.05) is 16.1 Å². The van der Waals surface area contributed by atoms with E-state index < -0.39 is 10.1 Å². The van der Waals surface area contributed by atoms with Crippen molar-refractivity contribution in [3.8, 4) is 0 Å². The zero-order valence-electron chi connectivity index (χ0n) is 6.51. The molecule has 0 aliphatic heterocycles. The van der Waals surface area contributed by atoms with Crippen molar-refractivity contribution in [2.45, 2.75) is 4.90 Å². The second-order valence-electron chi connectivity index (χ2n) is 2.47. The number of aromatic nitrogens is 2. The number of rotatable bonds is 1. The molecule has 76 valence electrons. The first-order valence-electron chi connectivity index (χ1n) is 3.38. The van der Waals surface area contributed by atoms with Crippen LogP contribution in [0.3, 0.4) is 0 Å². The van der Waals surface area contributed by atoms with Gasteiger partial charge in [0.2, 0.25) is 0 Å². The summed E-state index contributed by atoms with van der Waals surface area (Å²) in [5, 5.41) is 3.67. The Hall–Kier alpha value is 0.876. The van der Waals surface area contributed by atoms with Crippen molar-refractivity contribution < 1.29 is 13.0 Å². The Bertz CT molecular complexity index is 597.